The van der Waals surface area contributed by atoms with E-state index in [4.69, 9.17) is 8.92 Å². The van der Waals surface area contributed by atoms with Gasteiger partial charge in [-0.15, -0.1) is 20.4 Å². The number of ether oxygens (including phenoxy) is 1. The zero-order chi connectivity index (χ0) is 19.1. The van der Waals surface area contributed by atoms with Gasteiger partial charge in [0.1, 0.15) is 0 Å². The van der Waals surface area contributed by atoms with Crippen LogP contribution >= 0.6 is 0 Å². The van der Waals surface area contributed by atoms with E-state index in [1.165, 1.54) is 18.5 Å². The van der Waals surface area contributed by atoms with Crippen molar-refractivity contribution in [2.24, 2.45) is 0 Å². The summed E-state index contributed by atoms with van der Waals surface area (Å²) in [7, 11) is -3.76. The van der Waals surface area contributed by atoms with Crippen LogP contribution in [0.15, 0.2) is 59.8 Å². The Morgan fingerprint density at radius 1 is 0.889 bits per heavy atom. The van der Waals surface area contributed by atoms with E-state index in [2.05, 4.69) is 20.4 Å². The molecular weight excluding hydrogens is 368 g/mol. The van der Waals surface area contributed by atoms with E-state index in [1.54, 1.807) is 12.1 Å². The standard InChI is InChI=1S/C18H18N4O4S/c1-14-2-8-17(9-3-14)27(23,24)26-11-10-25-12-15-4-6-16(7-5-15)18-21-19-13-20-22-18/h2-9,13H,10-12H2,1H3. The molecule has 0 unspecified atom stereocenters. The Bertz CT molecular complexity index is 963. The number of aryl methyl sites for hydroxylation is 1. The molecule has 0 radical (unpaired) electrons. The second-order valence-electron chi connectivity index (χ2n) is 5.71. The SMILES string of the molecule is Cc1ccc(S(=O)(=O)OCCOCc2ccc(-c3nncnn3)cc2)cc1. The van der Waals surface area contributed by atoms with Crippen LogP contribution in [0.3, 0.4) is 0 Å². The van der Waals surface area contributed by atoms with Gasteiger partial charge in [0.05, 0.1) is 24.7 Å². The second kappa shape index (κ2) is 8.76. The van der Waals surface area contributed by atoms with Crippen LogP contribution in [0.5, 0.6) is 0 Å². The van der Waals surface area contributed by atoms with Gasteiger partial charge in [0.15, 0.2) is 6.33 Å². The normalized spacial score (nSPS) is 11.4. The molecule has 0 amide bonds. The first-order valence-electron chi connectivity index (χ1n) is 8.18. The maximum absolute atomic E-state index is 12.0. The predicted molar refractivity (Wildman–Crippen MR) is 97.0 cm³/mol. The third kappa shape index (κ3) is 5.36. The third-order valence-electron chi connectivity index (χ3n) is 3.66. The molecule has 9 heteroatoms. The largest absolute Gasteiger partial charge is 0.374 e. The van der Waals surface area contributed by atoms with Crippen molar-refractivity contribution in [1.82, 2.24) is 20.4 Å². The van der Waals surface area contributed by atoms with E-state index in [1.807, 2.05) is 31.2 Å². The molecule has 3 rings (SSSR count). The van der Waals surface area contributed by atoms with Gasteiger partial charge < -0.3 is 4.74 Å². The lowest BCUT2D eigenvalue weighted by Crippen LogP contribution is -2.11. The van der Waals surface area contributed by atoms with Crippen LogP contribution in [0.2, 0.25) is 0 Å². The fourth-order valence-electron chi connectivity index (χ4n) is 2.24. The van der Waals surface area contributed by atoms with Gasteiger partial charge >= 0.3 is 0 Å². The van der Waals surface area contributed by atoms with Crippen LogP contribution < -0.4 is 0 Å². The van der Waals surface area contributed by atoms with Gasteiger partial charge in [0.2, 0.25) is 5.82 Å². The Labute approximate surface area is 157 Å². The summed E-state index contributed by atoms with van der Waals surface area (Å²) in [6, 6.07) is 13.9. The van der Waals surface area contributed by atoms with Gasteiger partial charge in [-0.2, -0.15) is 8.42 Å². The molecule has 0 aliphatic heterocycles. The van der Waals surface area contributed by atoms with Crippen molar-refractivity contribution in [1.29, 1.82) is 0 Å². The second-order valence-corrected chi connectivity index (χ2v) is 7.32. The Morgan fingerprint density at radius 2 is 1.56 bits per heavy atom. The summed E-state index contributed by atoms with van der Waals surface area (Å²) in [5, 5.41) is 15.2. The average molecular weight is 386 g/mol. The first kappa shape index (κ1) is 19.0. The minimum Gasteiger partial charge on any atom is -0.374 e. The molecule has 1 aromatic heterocycles. The molecule has 27 heavy (non-hydrogen) atoms. The summed E-state index contributed by atoms with van der Waals surface area (Å²) in [6.45, 7) is 2.32. The Balaban J connectivity index is 1.44. The summed E-state index contributed by atoms with van der Waals surface area (Å²) in [5.41, 5.74) is 2.71. The molecule has 0 atom stereocenters. The van der Waals surface area contributed by atoms with E-state index in [0.29, 0.717) is 12.4 Å². The van der Waals surface area contributed by atoms with Gasteiger partial charge in [-0.25, -0.2) is 0 Å². The minimum absolute atomic E-state index is 0.0521. The third-order valence-corrected chi connectivity index (χ3v) is 4.99. The maximum atomic E-state index is 12.0. The van der Waals surface area contributed by atoms with E-state index >= 15 is 0 Å². The molecule has 2 aromatic carbocycles. The Morgan fingerprint density at radius 3 is 2.22 bits per heavy atom. The van der Waals surface area contributed by atoms with E-state index in [0.717, 1.165) is 16.7 Å². The van der Waals surface area contributed by atoms with Crippen molar-refractivity contribution in [3.05, 3.63) is 66.0 Å². The zero-order valence-electron chi connectivity index (χ0n) is 14.6. The van der Waals surface area contributed by atoms with Crippen LogP contribution in [0.1, 0.15) is 11.1 Å². The molecule has 0 N–H and O–H groups in total. The van der Waals surface area contributed by atoms with E-state index in [-0.39, 0.29) is 18.1 Å². The number of hydrogen-bond donors (Lipinski definition) is 0. The zero-order valence-corrected chi connectivity index (χ0v) is 15.5. The molecule has 0 bridgehead atoms. The van der Waals surface area contributed by atoms with Crippen LogP contribution in [0.4, 0.5) is 0 Å². The molecule has 0 saturated carbocycles. The highest BCUT2D eigenvalue weighted by Crippen LogP contribution is 2.15. The lowest BCUT2D eigenvalue weighted by Gasteiger charge is -2.07. The van der Waals surface area contributed by atoms with Gasteiger partial charge in [0, 0.05) is 5.56 Å². The molecule has 0 saturated heterocycles. The van der Waals surface area contributed by atoms with Crippen LogP contribution in [-0.4, -0.2) is 42.0 Å². The Kier molecular flexibility index (Phi) is 6.17. The fourth-order valence-corrected chi connectivity index (χ4v) is 3.13. The summed E-state index contributed by atoms with van der Waals surface area (Å²) in [6.07, 6.45) is 1.27. The van der Waals surface area contributed by atoms with E-state index < -0.39 is 10.1 Å². The highest BCUT2D eigenvalue weighted by Gasteiger charge is 2.14. The average Bonchev–Trinajstić information content (AvgIpc) is 2.69. The highest BCUT2D eigenvalue weighted by atomic mass is 32.2. The Hall–Kier alpha value is -2.75. The molecule has 1 heterocycles. The van der Waals surface area contributed by atoms with Crippen molar-refractivity contribution in [2.45, 2.75) is 18.4 Å². The molecule has 0 spiro atoms. The van der Waals surface area contributed by atoms with Crippen LogP contribution in [-0.2, 0) is 25.6 Å². The molecule has 8 nitrogen and oxygen atoms in total. The van der Waals surface area contributed by atoms with Crippen LogP contribution in [0.25, 0.3) is 11.4 Å². The predicted octanol–water partition coefficient (Wildman–Crippen LogP) is 2.16. The molecule has 0 aliphatic rings. The van der Waals surface area contributed by atoms with Crippen molar-refractivity contribution in [3.8, 4) is 11.4 Å². The molecular formula is C18H18N4O4S. The van der Waals surface area contributed by atoms with E-state index in [9.17, 15) is 8.42 Å². The van der Waals surface area contributed by atoms with Crippen molar-refractivity contribution in [3.63, 3.8) is 0 Å². The van der Waals surface area contributed by atoms with Gasteiger partial charge in [-0.3, -0.25) is 4.18 Å². The summed E-state index contributed by atoms with van der Waals surface area (Å²) in [5.74, 6) is 0.444. The first-order chi connectivity index (χ1) is 13.0. The fraction of sp³-hybridized carbons (Fsp3) is 0.222. The topological polar surface area (TPSA) is 104 Å². The summed E-state index contributed by atoms with van der Waals surface area (Å²) < 4.78 is 34.6. The maximum Gasteiger partial charge on any atom is 0.297 e. The van der Waals surface area contributed by atoms with Gasteiger partial charge in [0.25, 0.3) is 10.1 Å². The smallest absolute Gasteiger partial charge is 0.297 e. The van der Waals surface area contributed by atoms with Crippen molar-refractivity contribution >= 4 is 10.1 Å². The minimum atomic E-state index is -3.76. The highest BCUT2D eigenvalue weighted by molar-refractivity contribution is 7.86. The van der Waals surface area contributed by atoms with Crippen molar-refractivity contribution < 1.29 is 17.3 Å². The number of rotatable bonds is 8. The lowest BCUT2D eigenvalue weighted by molar-refractivity contribution is 0.0908. The number of benzene rings is 2. The number of nitrogens with zero attached hydrogens (tertiary/aromatic N) is 4. The monoisotopic (exact) mass is 386 g/mol. The number of aromatic nitrogens is 4. The first-order valence-corrected chi connectivity index (χ1v) is 9.59. The lowest BCUT2D eigenvalue weighted by atomic mass is 10.1. The van der Waals surface area contributed by atoms with Gasteiger partial charge in [-0.1, -0.05) is 42.0 Å². The molecule has 3 aromatic rings. The summed E-state index contributed by atoms with van der Waals surface area (Å²) >= 11 is 0. The molecule has 0 fully saturated rings. The molecule has 140 valence electrons. The quantitative estimate of drug-likeness (QED) is 0.428. The molecule has 0 aliphatic carbocycles. The van der Waals surface area contributed by atoms with Crippen LogP contribution in [0, 0.1) is 6.92 Å². The van der Waals surface area contributed by atoms with Crippen molar-refractivity contribution in [2.75, 3.05) is 13.2 Å². The summed E-state index contributed by atoms with van der Waals surface area (Å²) in [4.78, 5) is 0.135. The van der Waals surface area contributed by atoms with Gasteiger partial charge in [-0.05, 0) is 24.6 Å². The number of hydrogen-bond acceptors (Lipinski definition) is 8.